The molecule has 0 aliphatic carbocycles. The standard InChI is InChI=1S/C15H12F3N/c16-11-5-2-6-12(17)13(11)14(18)10-4-1-3-9-7-8-19-15(9)10/h1-6,14,19H,7-8H2. The molecule has 0 aromatic heterocycles. The summed E-state index contributed by atoms with van der Waals surface area (Å²) in [6.45, 7) is 0.721. The lowest BCUT2D eigenvalue weighted by Crippen LogP contribution is -2.04. The molecule has 3 rings (SSSR count). The monoisotopic (exact) mass is 263 g/mol. The first-order chi connectivity index (χ1) is 9.18. The number of fused-ring (bicyclic) bond motifs is 1. The van der Waals surface area contributed by atoms with Crippen molar-refractivity contribution in [1.29, 1.82) is 0 Å². The summed E-state index contributed by atoms with van der Waals surface area (Å²) >= 11 is 0. The molecular formula is C15H12F3N. The van der Waals surface area contributed by atoms with E-state index in [1.54, 1.807) is 12.1 Å². The molecule has 0 fully saturated rings. The highest BCUT2D eigenvalue weighted by Crippen LogP contribution is 2.37. The quantitative estimate of drug-likeness (QED) is 0.863. The van der Waals surface area contributed by atoms with E-state index in [9.17, 15) is 13.2 Å². The molecule has 1 nitrogen and oxygen atoms in total. The zero-order valence-corrected chi connectivity index (χ0v) is 10.1. The van der Waals surface area contributed by atoms with Crippen LogP contribution in [-0.4, -0.2) is 6.54 Å². The van der Waals surface area contributed by atoms with Crippen LogP contribution >= 0.6 is 0 Å². The maximum atomic E-state index is 14.5. The summed E-state index contributed by atoms with van der Waals surface area (Å²) < 4.78 is 41.8. The van der Waals surface area contributed by atoms with Gasteiger partial charge in [0.05, 0.1) is 5.56 Å². The second kappa shape index (κ2) is 4.61. The van der Waals surface area contributed by atoms with E-state index in [1.165, 1.54) is 6.07 Å². The average molecular weight is 263 g/mol. The van der Waals surface area contributed by atoms with Crippen LogP contribution in [0.25, 0.3) is 0 Å². The molecule has 1 aliphatic heterocycles. The number of nitrogens with one attached hydrogen (secondary N) is 1. The maximum Gasteiger partial charge on any atom is 0.158 e. The Kier molecular flexibility index (Phi) is 2.93. The average Bonchev–Trinajstić information content (AvgIpc) is 2.86. The van der Waals surface area contributed by atoms with Gasteiger partial charge in [-0.3, -0.25) is 0 Å². The molecule has 1 unspecified atom stereocenters. The second-order valence-electron chi connectivity index (χ2n) is 4.56. The van der Waals surface area contributed by atoms with Crippen molar-refractivity contribution in [2.45, 2.75) is 12.6 Å². The van der Waals surface area contributed by atoms with Crippen molar-refractivity contribution in [1.82, 2.24) is 0 Å². The van der Waals surface area contributed by atoms with Crippen molar-refractivity contribution in [2.75, 3.05) is 11.9 Å². The number of hydrogen-bond donors (Lipinski definition) is 1. The first-order valence-corrected chi connectivity index (χ1v) is 6.12. The van der Waals surface area contributed by atoms with Gasteiger partial charge < -0.3 is 5.32 Å². The molecule has 0 spiro atoms. The number of para-hydroxylation sites is 1. The molecule has 0 bridgehead atoms. The smallest absolute Gasteiger partial charge is 0.158 e. The molecule has 0 saturated carbocycles. The van der Waals surface area contributed by atoms with Crippen molar-refractivity contribution < 1.29 is 13.2 Å². The molecule has 0 amide bonds. The predicted molar refractivity (Wildman–Crippen MR) is 67.9 cm³/mol. The summed E-state index contributed by atoms with van der Waals surface area (Å²) in [7, 11) is 0. The lowest BCUT2D eigenvalue weighted by atomic mass is 9.98. The van der Waals surface area contributed by atoms with Gasteiger partial charge in [0.25, 0.3) is 0 Å². The minimum atomic E-state index is -1.80. The van der Waals surface area contributed by atoms with Crippen LogP contribution in [0, 0.1) is 11.6 Å². The topological polar surface area (TPSA) is 12.0 Å². The molecule has 1 heterocycles. The molecule has 0 saturated heterocycles. The summed E-state index contributed by atoms with van der Waals surface area (Å²) in [6, 6.07) is 8.54. The lowest BCUT2D eigenvalue weighted by Gasteiger charge is -2.15. The number of anilines is 1. The van der Waals surface area contributed by atoms with Gasteiger partial charge in [0, 0.05) is 17.8 Å². The van der Waals surface area contributed by atoms with Crippen molar-refractivity contribution in [3.05, 3.63) is 64.7 Å². The van der Waals surface area contributed by atoms with E-state index in [-0.39, 0.29) is 0 Å². The van der Waals surface area contributed by atoms with Gasteiger partial charge in [0.2, 0.25) is 0 Å². The van der Waals surface area contributed by atoms with Gasteiger partial charge >= 0.3 is 0 Å². The van der Waals surface area contributed by atoms with Crippen LogP contribution in [-0.2, 0) is 6.42 Å². The number of hydrogen-bond acceptors (Lipinski definition) is 1. The van der Waals surface area contributed by atoms with Crippen molar-refractivity contribution in [3.63, 3.8) is 0 Å². The Morgan fingerprint density at radius 2 is 1.68 bits per heavy atom. The molecule has 1 aliphatic rings. The minimum absolute atomic E-state index is 0.291. The van der Waals surface area contributed by atoms with E-state index in [1.807, 2.05) is 6.07 Å². The highest BCUT2D eigenvalue weighted by atomic mass is 19.2. The molecule has 19 heavy (non-hydrogen) atoms. The molecule has 4 heteroatoms. The Bertz CT molecular complexity index is 605. The Balaban J connectivity index is 2.10. The van der Waals surface area contributed by atoms with Gasteiger partial charge in [-0.15, -0.1) is 0 Å². The Morgan fingerprint density at radius 1 is 1.00 bits per heavy atom. The Hall–Kier alpha value is -1.97. The molecule has 1 atom stereocenters. The van der Waals surface area contributed by atoms with E-state index in [4.69, 9.17) is 0 Å². The third-order valence-corrected chi connectivity index (χ3v) is 3.41. The van der Waals surface area contributed by atoms with Gasteiger partial charge in [-0.2, -0.15) is 0 Å². The van der Waals surface area contributed by atoms with E-state index in [0.717, 1.165) is 30.7 Å². The summed E-state index contributed by atoms with van der Waals surface area (Å²) in [5.41, 5.74) is 1.41. The van der Waals surface area contributed by atoms with Crippen LogP contribution < -0.4 is 5.32 Å². The largest absolute Gasteiger partial charge is 0.384 e. The molecular weight excluding hydrogens is 251 g/mol. The van der Waals surface area contributed by atoms with E-state index < -0.39 is 23.4 Å². The van der Waals surface area contributed by atoms with Crippen molar-refractivity contribution in [2.24, 2.45) is 0 Å². The minimum Gasteiger partial charge on any atom is -0.384 e. The molecule has 1 N–H and O–H groups in total. The summed E-state index contributed by atoms with van der Waals surface area (Å²) in [6.07, 6.45) is -1.00. The number of alkyl halides is 1. The van der Waals surface area contributed by atoms with E-state index in [2.05, 4.69) is 5.32 Å². The third kappa shape index (κ3) is 1.97. The first kappa shape index (κ1) is 12.1. The van der Waals surface area contributed by atoms with Crippen molar-refractivity contribution in [3.8, 4) is 0 Å². The number of halogens is 3. The fourth-order valence-electron chi connectivity index (χ4n) is 2.49. The molecule has 0 radical (unpaired) electrons. The van der Waals surface area contributed by atoms with Crippen molar-refractivity contribution >= 4 is 5.69 Å². The Morgan fingerprint density at radius 3 is 2.42 bits per heavy atom. The van der Waals surface area contributed by atoms with Gasteiger partial charge in [0.1, 0.15) is 11.6 Å². The lowest BCUT2D eigenvalue weighted by molar-refractivity contribution is 0.372. The van der Waals surface area contributed by atoms with E-state index in [0.29, 0.717) is 11.3 Å². The third-order valence-electron chi connectivity index (χ3n) is 3.41. The molecule has 98 valence electrons. The fourth-order valence-corrected chi connectivity index (χ4v) is 2.49. The highest BCUT2D eigenvalue weighted by molar-refractivity contribution is 5.63. The van der Waals surface area contributed by atoms with Gasteiger partial charge in [-0.1, -0.05) is 24.3 Å². The molecule has 2 aromatic rings. The Labute approximate surface area is 109 Å². The van der Waals surface area contributed by atoms with Crippen LogP contribution in [0.1, 0.15) is 22.9 Å². The summed E-state index contributed by atoms with van der Waals surface area (Å²) in [5.74, 6) is -1.72. The molecule has 2 aromatic carbocycles. The zero-order valence-electron chi connectivity index (χ0n) is 10.1. The maximum absolute atomic E-state index is 14.5. The normalized spacial score (nSPS) is 14.9. The van der Waals surface area contributed by atoms with Gasteiger partial charge in [-0.25, -0.2) is 13.2 Å². The zero-order chi connectivity index (χ0) is 13.4. The first-order valence-electron chi connectivity index (χ1n) is 6.12. The number of benzene rings is 2. The van der Waals surface area contributed by atoms with Crippen LogP contribution in [0.5, 0.6) is 0 Å². The van der Waals surface area contributed by atoms with E-state index >= 15 is 0 Å². The van der Waals surface area contributed by atoms with Crippen LogP contribution in [0.3, 0.4) is 0 Å². The highest BCUT2D eigenvalue weighted by Gasteiger charge is 2.26. The second-order valence-corrected chi connectivity index (χ2v) is 4.56. The van der Waals surface area contributed by atoms with Crippen LogP contribution in [0.15, 0.2) is 36.4 Å². The fraction of sp³-hybridized carbons (Fsp3) is 0.200. The van der Waals surface area contributed by atoms with Crippen LogP contribution in [0.2, 0.25) is 0 Å². The van der Waals surface area contributed by atoms with Gasteiger partial charge in [-0.05, 0) is 24.1 Å². The summed E-state index contributed by atoms with van der Waals surface area (Å²) in [4.78, 5) is 0. The SMILES string of the molecule is Fc1cccc(F)c1C(F)c1cccc2c1NCC2. The number of rotatable bonds is 2. The predicted octanol–water partition coefficient (Wildman–Crippen LogP) is 3.99. The van der Waals surface area contributed by atoms with Crippen LogP contribution in [0.4, 0.5) is 18.9 Å². The van der Waals surface area contributed by atoms with Gasteiger partial charge in [0.15, 0.2) is 6.17 Å². The summed E-state index contributed by atoms with van der Waals surface area (Å²) in [5, 5.41) is 3.07.